The van der Waals surface area contributed by atoms with Crippen molar-refractivity contribution in [2.75, 3.05) is 0 Å². The summed E-state index contributed by atoms with van der Waals surface area (Å²) in [5, 5.41) is 6.37. The third kappa shape index (κ3) is 3.55. The van der Waals surface area contributed by atoms with Crippen LogP contribution in [0.1, 0.15) is 41.5 Å². The second-order valence-corrected chi connectivity index (χ2v) is 6.00. The average Bonchev–Trinajstić information content (AvgIpc) is 3.01. The van der Waals surface area contributed by atoms with Crippen molar-refractivity contribution >= 4 is 5.91 Å². The number of hydrogen-bond donors (Lipinski definition) is 2. The normalized spacial score (nSPS) is 14.4. The van der Waals surface area contributed by atoms with E-state index in [0.29, 0.717) is 13.0 Å². The van der Waals surface area contributed by atoms with Crippen LogP contribution in [0.2, 0.25) is 0 Å². The van der Waals surface area contributed by atoms with Crippen LogP contribution in [0.3, 0.4) is 0 Å². The van der Waals surface area contributed by atoms with Crippen LogP contribution in [0, 0.1) is 0 Å². The van der Waals surface area contributed by atoms with Crippen LogP contribution < -0.4 is 10.6 Å². The highest BCUT2D eigenvalue weighted by Crippen LogP contribution is 2.19. The lowest BCUT2D eigenvalue weighted by atomic mass is 9.97. The maximum Gasteiger partial charge on any atom is 0.220 e. The zero-order chi connectivity index (χ0) is 15.4. The summed E-state index contributed by atoms with van der Waals surface area (Å²) < 4.78 is 0. The smallest absolute Gasteiger partial charge is 0.220 e. The third-order valence-corrected chi connectivity index (χ3v) is 4.25. The fraction of sp³-hybridized carbons (Fsp3) is 0.316. The summed E-state index contributed by atoms with van der Waals surface area (Å²) in [5.41, 5.74) is 5.10. The van der Waals surface area contributed by atoms with E-state index in [0.717, 1.165) is 13.1 Å². The van der Waals surface area contributed by atoms with Gasteiger partial charge in [-0.1, -0.05) is 55.5 Å². The van der Waals surface area contributed by atoms with Crippen molar-refractivity contribution in [3.8, 4) is 0 Å². The number of fused-ring (bicyclic) bond motifs is 1. The quantitative estimate of drug-likeness (QED) is 0.889. The molecule has 1 aliphatic heterocycles. The molecule has 114 valence electrons. The topological polar surface area (TPSA) is 41.1 Å². The van der Waals surface area contributed by atoms with Gasteiger partial charge in [0.05, 0.1) is 0 Å². The van der Waals surface area contributed by atoms with Gasteiger partial charge in [-0.25, -0.2) is 0 Å². The highest BCUT2D eigenvalue weighted by molar-refractivity contribution is 5.76. The van der Waals surface area contributed by atoms with Crippen molar-refractivity contribution in [1.82, 2.24) is 10.6 Å². The van der Waals surface area contributed by atoms with Crippen LogP contribution in [-0.2, 0) is 24.4 Å². The summed E-state index contributed by atoms with van der Waals surface area (Å²) in [7, 11) is 0. The molecule has 2 N–H and O–H groups in total. The Morgan fingerprint density at radius 1 is 1.14 bits per heavy atom. The Morgan fingerprint density at radius 3 is 2.73 bits per heavy atom. The lowest BCUT2D eigenvalue weighted by Gasteiger charge is -2.12. The SMILES string of the molecule is CC(CC(=O)NCc1ccc2c(c1)CNC2)c1ccccc1. The van der Waals surface area contributed by atoms with E-state index in [1.54, 1.807) is 0 Å². The number of carbonyl (C=O) groups excluding carboxylic acids is 1. The van der Waals surface area contributed by atoms with Gasteiger partial charge in [0, 0.05) is 26.1 Å². The molecule has 0 saturated heterocycles. The number of amides is 1. The minimum absolute atomic E-state index is 0.106. The van der Waals surface area contributed by atoms with E-state index in [2.05, 4.69) is 47.9 Å². The Hall–Kier alpha value is -2.13. The van der Waals surface area contributed by atoms with E-state index in [1.807, 2.05) is 18.2 Å². The Morgan fingerprint density at radius 2 is 1.91 bits per heavy atom. The van der Waals surface area contributed by atoms with Crippen molar-refractivity contribution in [2.45, 2.75) is 38.9 Å². The molecule has 1 unspecified atom stereocenters. The van der Waals surface area contributed by atoms with Gasteiger partial charge in [-0.05, 0) is 28.2 Å². The van der Waals surface area contributed by atoms with E-state index in [4.69, 9.17) is 0 Å². The molecule has 0 fully saturated rings. The van der Waals surface area contributed by atoms with E-state index < -0.39 is 0 Å². The van der Waals surface area contributed by atoms with Crippen molar-refractivity contribution in [3.63, 3.8) is 0 Å². The largest absolute Gasteiger partial charge is 0.352 e. The zero-order valence-corrected chi connectivity index (χ0v) is 12.9. The fourth-order valence-electron chi connectivity index (χ4n) is 2.91. The number of carbonyl (C=O) groups is 1. The van der Waals surface area contributed by atoms with E-state index in [-0.39, 0.29) is 11.8 Å². The molecule has 1 heterocycles. The second-order valence-electron chi connectivity index (χ2n) is 6.00. The number of benzene rings is 2. The maximum atomic E-state index is 12.1. The Labute approximate surface area is 131 Å². The number of nitrogens with one attached hydrogen (secondary N) is 2. The summed E-state index contributed by atoms with van der Waals surface area (Å²) in [5.74, 6) is 0.348. The Kier molecular flexibility index (Phi) is 4.54. The minimum atomic E-state index is 0.106. The standard InChI is InChI=1S/C19H22N2O/c1-14(16-5-3-2-4-6-16)9-19(22)21-11-15-7-8-17-12-20-13-18(17)10-15/h2-8,10,14,20H,9,11-13H2,1H3,(H,21,22). The van der Waals surface area contributed by atoms with Crippen molar-refractivity contribution in [2.24, 2.45) is 0 Å². The van der Waals surface area contributed by atoms with Crippen LogP contribution >= 0.6 is 0 Å². The molecule has 0 bridgehead atoms. The van der Waals surface area contributed by atoms with E-state index in [1.165, 1.54) is 22.3 Å². The van der Waals surface area contributed by atoms with Gasteiger partial charge in [0.25, 0.3) is 0 Å². The summed E-state index contributed by atoms with van der Waals surface area (Å²) in [6, 6.07) is 16.6. The Bertz CT molecular complexity index is 652. The van der Waals surface area contributed by atoms with Crippen LogP contribution in [-0.4, -0.2) is 5.91 Å². The monoisotopic (exact) mass is 294 g/mol. The van der Waals surface area contributed by atoms with Crippen molar-refractivity contribution in [3.05, 3.63) is 70.8 Å². The lowest BCUT2D eigenvalue weighted by Crippen LogP contribution is -2.24. The predicted octanol–water partition coefficient (Wildman–Crippen LogP) is 3.10. The molecule has 22 heavy (non-hydrogen) atoms. The van der Waals surface area contributed by atoms with Gasteiger partial charge < -0.3 is 10.6 Å². The van der Waals surface area contributed by atoms with Gasteiger partial charge in [-0.3, -0.25) is 4.79 Å². The highest BCUT2D eigenvalue weighted by atomic mass is 16.1. The van der Waals surface area contributed by atoms with E-state index >= 15 is 0 Å². The van der Waals surface area contributed by atoms with Gasteiger partial charge in [0.1, 0.15) is 0 Å². The molecule has 1 aliphatic rings. The molecule has 2 aromatic carbocycles. The second kappa shape index (κ2) is 6.75. The Balaban J connectivity index is 1.52. The van der Waals surface area contributed by atoms with E-state index in [9.17, 15) is 4.79 Å². The summed E-state index contributed by atoms with van der Waals surface area (Å²) in [4.78, 5) is 12.1. The van der Waals surface area contributed by atoms with Crippen LogP contribution in [0.15, 0.2) is 48.5 Å². The molecule has 0 spiro atoms. The first-order chi connectivity index (χ1) is 10.7. The molecule has 2 aromatic rings. The van der Waals surface area contributed by atoms with Gasteiger partial charge in [-0.15, -0.1) is 0 Å². The first-order valence-electron chi connectivity index (χ1n) is 7.85. The number of hydrogen-bond acceptors (Lipinski definition) is 2. The van der Waals surface area contributed by atoms with Crippen LogP contribution in [0.25, 0.3) is 0 Å². The molecular formula is C19H22N2O. The summed E-state index contributed by atoms with van der Waals surface area (Å²) >= 11 is 0. The van der Waals surface area contributed by atoms with Gasteiger partial charge in [-0.2, -0.15) is 0 Å². The predicted molar refractivity (Wildman–Crippen MR) is 88.3 cm³/mol. The minimum Gasteiger partial charge on any atom is -0.352 e. The maximum absolute atomic E-state index is 12.1. The summed E-state index contributed by atoms with van der Waals surface area (Å²) in [6.45, 7) is 4.59. The lowest BCUT2D eigenvalue weighted by molar-refractivity contribution is -0.121. The first kappa shape index (κ1) is 14.8. The van der Waals surface area contributed by atoms with Gasteiger partial charge >= 0.3 is 0 Å². The van der Waals surface area contributed by atoms with Crippen molar-refractivity contribution in [1.29, 1.82) is 0 Å². The molecule has 0 aromatic heterocycles. The fourth-order valence-corrected chi connectivity index (χ4v) is 2.91. The highest BCUT2D eigenvalue weighted by Gasteiger charge is 2.12. The first-order valence-corrected chi connectivity index (χ1v) is 7.85. The molecule has 1 atom stereocenters. The van der Waals surface area contributed by atoms with Gasteiger partial charge in [0.2, 0.25) is 5.91 Å². The third-order valence-electron chi connectivity index (χ3n) is 4.25. The molecular weight excluding hydrogens is 272 g/mol. The molecule has 0 aliphatic carbocycles. The van der Waals surface area contributed by atoms with Gasteiger partial charge in [0.15, 0.2) is 0 Å². The van der Waals surface area contributed by atoms with Crippen molar-refractivity contribution < 1.29 is 4.79 Å². The molecule has 3 rings (SSSR count). The average molecular weight is 294 g/mol. The molecule has 1 amide bonds. The summed E-state index contributed by atoms with van der Waals surface area (Å²) in [6.07, 6.45) is 0.524. The molecule has 3 nitrogen and oxygen atoms in total. The molecule has 3 heteroatoms. The van der Waals surface area contributed by atoms with Crippen LogP contribution in [0.4, 0.5) is 0 Å². The zero-order valence-electron chi connectivity index (χ0n) is 12.9. The molecule has 0 radical (unpaired) electrons. The molecule has 0 saturated carbocycles. The van der Waals surface area contributed by atoms with Crippen LogP contribution in [0.5, 0.6) is 0 Å². The number of rotatable bonds is 5.